The zero-order chi connectivity index (χ0) is 22.8. The van der Waals surface area contributed by atoms with Gasteiger partial charge in [0.2, 0.25) is 5.95 Å². The molecule has 9 heteroatoms. The van der Waals surface area contributed by atoms with Gasteiger partial charge in [-0.15, -0.1) is 0 Å². The molecule has 1 saturated carbocycles. The van der Waals surface area contributed by atoms with Gasteiger partial charge >= 0.3 is 0 Å². The van der Waals surface area contributed by atoms with E-state index in [-0.39, 0.29) is 11.6 Å². The molecule has 178 valence electrons. The summed E-state index contributed by atoms with van der Waals surface area (Å²) in [7, 11) is 0. The van der Waals surface area contributed by atoms with Crippen molar-refractivity contribution in [3.8, 4) is 0 Å². The number of aromatic amines is 1. The van der Waals surface area contributed by atoms with Crippen LogP contribution in [0.4, 0.5) is 11.8 Å². The van der Waals surface area contributed by atoms with E-state index in [4.69, 9.17) is 21.9 Å². The Hall–Kier alpha value is -2.23. The minimum atomic E-state index is -0.216. The van der Waals surface area contributed by atoms with Crippen LogP contribution in [0.2, 0.25) is 0 Å². The first-order valence-electron chi connectivity index (χ1n) is 12.2. The second-order valence-corrected chi connectivity index (χ2v) is 9.94. The van der Waals surface area contributed by atoms with Crippen LogP contribution in [0.5, 0.6) is 0 Å². The minimum Gasteiger partial charge on any atom is -0.378 e. The van der Waals surface area contributed by atoms with E-state index in [0.717, 1.165) is 44.0 Å². The molecule has 0 spiro atoms. The molecule has 2 atom stereocenters. The van der Waals surface area contributed by atoms with E-state index in [9.17, 15) is 4.79 Å². The Morgan fingerprint density at radius 3 is 2.82 bits per heavy atom. The smallest absolute Gasteiger partial charge is 0.264 e. The number of allylic oxidation sites excluding steroid dienone is 3. The fourth-order valence-electron chi connectivity index (χ4n) is 5.08. The molecule has 4 N–H and O–H groups in total. The Morgan fingerprint density at radius 1 is 1.27 bits per heavy atom. The molecular formula is C24H34N6O2S. The maximum atomic E-state index is 13.3. The van der Waals surface area contributed by atoms with Gasteiger partial charge in [-0.05, 0) is 69.1 Å². The number of H-pyrrole nitrogens is 1. The molecule has 2 saturated heterocycles. The number of nitrogens with zero attached hydrogens (tertiary/aromatic N) is 2. The monoisotopic (exact) mass is 470 g/mol. The average Bonchev–Trinajstić information content (AvgIpc) is 3.67. The number of aromatic nitrogens is 2. The van der Waals surface area contributed by atoms with Crippen molar-refractivity contribution in [2.24, 2.45) is 11.8 Å². The molecule has 33 heavy (non-hydrogen) atoms. The first-order valence-corrected chi connectivity index (χ1v) is 12.6. The Labute approximate surface area is 200 Å². The molecule has 4 aliphatic rings. The van der Waals surface area contributed by atoms with E-state index in [2.05, 4.69) is 44.9 Å². The highest BCUT2D eigenvalue weighted by Gasteiger charge is 2.33. The lowest BCUT2D eigenvalue weighted by Crippen LogP contribution is -2.42. The van der Waals surface area contributed by atoms with Crippen LogP contribution in [0.1, 0.15) is 44.6 Å². The van der Waals surface area contributed by atoms with Gasteiger partial charge in [-0.1, -0.05) is 18.3 Å². The number of rotatable bonds is 6. The van der Waals surface area contributed by atoms with Crippen molar-refractivity contribution < 1.29 is 4.74 Å². The Bertz CT molecular complexity index is 1000. The lowest BCUT2D eigenvalue weighted by atomic mass is 9.87. The largest absolute Gasteiger partial charge is 0.378 e. The molecule has 3 fully saturated rings. The SMILES string of the molecule is CC1=C(NC(=S)c2c(NC3CCCNC3)nc(N3CCOCC3)[nH]c2=O)C=CCC1C1CC1. The molecule has 2 unspecified atom stereocenters. The van der Waals surface area contributed by atoms with Crippen molar-refractivity contribution in [3.63, 3.8) is 0 Å². The van der Waals surface area contributed by atoms with Crippen LogP contribution in [0.3, 0.4) is 0 Å². The first-order chi connectivity index (χ1) is 16.1. The summed E-state index contributed by atoms with van der Waals surface area (Å²) in [6.45, 7) is 6.72. The van der Waals surface area contributed by atoms with Crippen molar-refractivity contribution in [1.29, 1.82) is 0 Å². The van der Waals surface area contributed by atoms with Crippen molar-refractivity contribution in [2.75, 3.05) is 49.6 Å². The minimum absolute atomic E-state index is 0.210. The molecular weight excluding hydrogens is 436 g/mol. The van der Waals surface area contributed by atoms with E-state index < -0.39 is 0 Å². The van der Waals surface area contributed by atoms with Crippen molar-refractivity contribution in [3.05, 3.63) is 39.3 Å². The molecule has 8 nitrogen and oxygen atoms in total. The average molecular weight is 471 g/mol. The lowest BCUT2D eigenvalue weighted by molar-refractivity contribution is 0.122. The second-order valence-electron chi connectivity index (χ2n) is 9.53. The lowest BCUT2D eigenvalue weighted by Gasteiger charge is -2.29. The number of morpholine rings is 1. The number of hydrogen-bond acceptors (Lipinski definition) is 7. The summed E-state index contributed by atoms with van der Waals surface area (Å²) in [4.78, 5) is 23.6. The van der Waals surface area contributed by atoms with Gasteiger partial charge in [0.05, 0.1) is 13.2 Å². The molecule has 0 amide bonds. The van der Waals surface area contributed by atoms with Crippen LogP contribution in [-0.4, -0.2) is 60.4 Å². The Kier molecular flexibility index (Phi) is 6.80. The molecule has 1 aromatic heterocycles. The third-order valence-electron chi connectivity index (χ3n) is 7.18. The summed E-state index contributed by atoms with van der Waals surface area (Å²) in [5.41, 5.74) is 2.55. The van der Waals surface area contributed by atoms with Crippen molar-refractivity contribution in [1.82, 2.24) is 20.6 Å². The van der Waals surface area contributed by atoms with Gasteiger partial charge in [0, 0.05) is 31.4 Å². The van der Waals surface area contributed by atoms with Gasteiger partial charge in [0.15, 0.2) is 0 Å². The van der Waals surface area contributed by atoms with Gasteiger partial charge < -0.3 is 25.6 Å². The van der Waals surface area contributed by atoms with E-state index in [1.54, 1.807) is 0 Å². The summed E-state index contributed by atoms with van der Waals surface area (Å²) in [6, 6.07) is 0.210. The Morgan fingerprint density at radius 2 is 2.09 bits per heavy atom. The zero-order valence-electron chi connectivity index (χ0n) is 19.3. The van der Waals surface area contributed by atoms with E-state index in [1.807, 2.05) is 0 Å². The van der Waals surface area contributed by atoms with Crippen LogP contribution in [0.15, 0.2) is 28.2 Å². The van der Waals surface area contributed by atoms with E-state index in [1.165, 1.54) is 18.4 Å². The standard InChI is InChI=1S/C24H34N6O2S/c1-15-18(16-7-8-16)5-2-6-19(15)27-23(33)20-21(26-17-4-3-9-25-14-17)28-24(29-22(20)31)30-10-12-32-13-11-30/h2,6,16-18,25H,3-5,7-14H2,1H3,(H,27,33)(H2,26,28,29,31). The third-order valence-corrected chi connectivity index (χ3v) is 7.48. The summed E-state index contributed by atoms with van der Waals surface area (Å²) < 4.78 is 5.46. The maximum Gasteiger partial charge on any atom is 0.264 e. The van der Waals surface area contributed by atoms with Gasteiger partial charge in [0.25, 0.3) is 5.56 Å². The summed E-state index contributed by atoms with van der Waals surface area (Å²) in [5.74, 6) is 2.49. The normalized spacial score (nSPS) is 25.8. The molecule has 2 aliphatic carbocycles. The van der Waals surface area contributed by atoms with Crippen molar-refractivity contribution >= 4 is 29.0 Å². The quantitative estimate of drug-likeness (QED) is 0.471. The number of anilines is 2. The van der Waals surface area contributed by atoms with Gasteiger partial charge in [-0.2, -0.15) is 4.98 Å². The van der Waals surface area contributed by atoms with Crippen LogP contribution in [0.25, 0.3) is 0 Å². The fourth-order valence-corrected chi connectivity index (χ4v) is 5.38. The first kappa shape index (κ1) is 22.6. The van der Waals surface area contributed by atoms with Gasteiger partial charge in [0.1, 0.15) is 16.4 Å². The number of piperidine rings is 1. The maximum absolute atomic E-state index is 13.3. The summed E-state index contributed by atoms with van der Waals surface area (Å²) in [6.07, 6.45) is 10.2. The topological polar surface area (TPSA) is 94.3 Å². The highest BCUT2D eigenvalue weighted by atomic mass is 32.1. The van der Waals surface area contributed by atoms with Gasteiger partial charge in [-0.3, -0.25) is 9.78 Å². The molecule has 0 bridgehead atoms. The van der Waals surface area contributed by atoms with Crippen LogP contribution < -0.4 is 26.4 Å². The van der Waals surface area contributed by atoms with Gasteiger partial charge in [-0.25, -0.2) is 0 Å². The molecule has 1 aromatic rings. The molecule has 2 aliphatic heterocycles. The summed E-state index contributed by atoms with van der Waals surface area (Å²) in [5, 5.41) is 10.3. The number of nitrogens with one attached hydrogen (secondary N) is 4. The Balaban J connectivity index is 1.44. The fraction of sp³-hybridized carbons (Fsp3) is 0.625. The molecule has 0 radical (unpaired) electrons. The molecule has 5 rings (SSSR count). The highest BCUT2D eigenvalue weighted by molar-refractivity contribution is 7.80. The number of ether oxygens (including phenoxy) is 1. The van der Waals surface area contributed by atoms with E-state index in [0.29, 0.717) is 54.5 Å². The van der Waals surface area contributed by atoms with Crippen LogP contribution >= 0.6 is 12.2 Å². The van der Waals surface area contributed by atoms with Crippen molar-refractivity contribution in [2.45, 2.75) is 45.1 Å². The third kappa shape index (κ3) is 5.15. The van der Waals surface area contributed by atoms with Crippen LogP contribution in [0, 0.1) is 11.8 Å². The number of hydrogen-bond donors (Lipinski definition) is 4. The second kappa shape index (κ2) is 9.95. The summed E-state index contributed by atoms with van der Waals surface area (Å²) >= 11 is 5.79. The van der Waals surface area contributed by atoms with Crippen LogP contribution in [-0.2, 0) is 4.74 Å². The zero-order valence-corrected chi connectivity index (χ0v) is 20.1. The molecule has 0 aromatic carbocycles. The number of thiocarbonyl (C=S) groups is 1. The van der Waals surface area contributed by atoms with E-state index >= 15 is 0 Å². The molecule has 3 heterocycles. The highest BCUT2D eigenvalue weighted by Crippen LogP contribution is 2.44. The predicted octanol–water partition coefficient (Wildman–Crippen LogP) is 2.30. The predicted molar refractivity (Wildman–Crippen MR) is 135 cm³/mol.